The topological polar surface area (TPSA) is 9.23 Å². The first kappa shape index (κ1) is 17.7. The fourth-order valence-electron chi connectivity index (χ4n) is 2.39. The Bertz CT molecular complexity index is 379. The van der Waals surface area contributed by atoms with Crippen molar-refractivity contribution in [3.63, 3.8) is 0 Å². The number of unbranched alkanes of at least 4 members (excludes halogenated alkanes) is 6. The molecule has 0 fully saturated rings. The molecule has 3 heteroatoms. The minimum Gasteiger partial charge on any atom is -0.496 e. The van der Waals surface area contributed by atoms with Gasteiger partial charge in [0.2, 0.25) is 0 Å². The molecule has 0 N–H and O–H groups in total. The molecule has 1 unspecified atom stereocenters. The Balaban J connectivity index is 2.32. The first-order valence-corrected chi connectivity index (χ1v) is 8.48. The van der Waals surface area contributed by atoms with Crippen LogP contribution in [0.1, 0.15) is 69.2 Å². The first-order valence-electron chi connectivity index (χ1n) is 7.66. The van der Waals surface area contributed by atoms with E-state index in [4.69, 9.17) is 27.9 Å². The van der Waals surface area contributed by atoms with Crippen molar-refractivity contribution in [1.29, 1.82) is 0 Å². The Morgan fingerprint density at radius 2 is 1.70 bits per heavy atom. The lowest BCUT2D eigenvalue weighted by Gasteiger charge is -2.14. The summed E-state index contributed by atoms with van der Waals surface area (Å²) >= 11 is 12.5. The van der Waals surface area contributed by atoms with Crippen LogP contribution in [0.15, 0.2) is 18.2 Å². The van der Waals surface area contributed by atoms with Gasteiger partial charge in [0.1, 0.15) is 5.75 Å². The Hall–Kier alpha value is -0.400. The lowest BCUT2D eigenvalue weighted by atomic mass is 10.0. The molecule has 1 aromatic carbocycles. The number of methoxy groups -OCH3 is 1. The molecule has 0 spiro atoms. The highest BCUT2D eigenvalue weighted by Gasteiger charge is 2.13. The molecule has 20 heavy (non-hydrogen) atoms. The Labute approximate surface area is 133 Å². The first-order chi connectivity index (χ1) is 9.69. The summed E-state index contributed by atoms with van der Waals surface area (Å²) in [7, 11) is 1.67. The van der Waals surface area contributed by atoms with E-state index < -0.39 is 0 Å². The molecule has 114 valence electrons. The molecule has 0 aromatic heterocycles. The molecular weight excluding hydrogens is 291 g/mol. The zero-order valence-corrected chi connectivity index (χ0v) is 14.1. The van der Waals surface area contributed by atoms with E-state index in [0.29, 0.717) is 5.02 Å². The summed E-state index contributed by atoms with van der Waals surface area (Å²) in [6.07, 6.45) is 10.1. The molecular formula is C17H26Cl2O. The third-order valence-electron chi connectivity index (χ3n) is 3.59. The van der Waals surface area contributed by atoms with E-state index >= 15 is 0 Å². The summed E-state index contributed by atoms with van der Waals surface area (Å²) in [4.78, 5) is 0. The van der Waals surface area contributed by atoms with Crippen molar-refractivity contribution >= 4 is 23.2 Å². The van der Waals surface area contributed by atoms with E-state index in [-0.39, 0.29) is 5.38 Å². The number of benzene rings is 1. The number of ether oxygens (including phenoxy) is 1. The Morgan fingerprint density at radius 3 is 2.35 bits per heavy atom. The number of alkyl halides is 1. The lowest BCUT2D eigenvalue weighted by molar-refractivity contribution is 0.408. The van der Waals surface area contributed by atoms with E-state index in [1.54, 1.807) is 7.11 Å². The standard InChI is InChI=1S/C17H26Cl2O/c1-3-4-5-6-7-8-9-10-16(19)15-13-14(18)11-12-17(15)20-2/h11-13,16H,3-10H2,1-2H3. The number of halogens is 2. The minimum absolute atomic E-state index is 0.0145. The zero-order valence-electron chi connectivity index (χ0n) is 12.6. The summed E-state index contributed by atoms with van der Waals surface area (Å²) in [6.45, 7) is 2.25. The van der Waals surface area contributed by atoms with Gasteiger partial charge in [0, 0.05) is 10.6 Å². The Morgan fingerprint density at radius 1 is 1.05 bits per heavy atom. The van der Waals surface area contributed by atoms with Crippen molar-refractivity contribution in [2.75, 3.05) is 7.11 Å². The van der Waals surface area contributed by atoms with Crippen LogP contribution in [-0.2, 0) is 0 Å². The Kier molecular flexibility index (Phi) is 9.13. The third kappa shape index (κ3) is 6.37. The molecule has 0 bridgehead atoms. The van der Waals surface area contributed by atoms with Gasteiger partial charge in [-0.2, -0.15) is 0 Å². The predicted molar refractivity (Wildman–Crippen MR) is 89.2 cm³/mol. The fourth-order valence-corrected chi connectivity index (χ4v) is 2.89. The van der Waals surface area contributed by atoms with E-state index in [1.165, 1.54) is 38.5 Å². The molecule has 0 radical (unpaired) electrons. The van der Waals surface area contributed by atoms with Gasteiger partial charge in [0.05, 0.1) is 12.5 Å². The molecule has 0 aliphatic carbocycles. The minimum atomic E-state index is -0.0145. The van der Waals surface area contributed by atoms with Gasteiger partial charge in [0.15, 0.2) is 0 Å². The van der Waals surface area contributed by atoms with Gasteiger partial charge in [-0.3, -0.25) is 0 Å². The van der Waals surface area contributed by atoms with E-state index in [2.05, 4.69) is 6.92 Å². The number of rotatable bonds is 10. The van der Waals surface area contributed by atoms with Gasteiger partial charge in [-0.05, 0) is 24.6 Å². The molecule has 1 atom stereocenters. The molecule has 1 nitrogen and oxygen atoms in total. The quantitative estimate of drug-likeness (QED) is 0.342. The molecule has 0 aliphatic heterocycles. The normalized spacial score (nSPS) is 12.4. The van der Waals surface area contributed by atoms with Crippen LogP contribution in [0.2, 0.25) is 5.02 Å². The van der Waals surface area contributed by atoms with Crippen molar-refractivity contribution in [2.24, 2.45) is 0 Å². The fraction of sp³-hybridized carbons (Fsp3) is 0.647. The maximum Gasteiger partial charge on any atom is 0.123 e. The molecule has 0 aliphatic rings. The number of hydrogen-bond donors (Lipinski definition) is 0. The van der Waals surface area contributed by atoms with Crippen LogP contribution in [0.5, 0.6) is 5.75 Å². The largest absolute Gasteiger partial charge is 0.496 e. The zero-order chi connectivity index (χ0) is 14.8. The van der Waals surface area contributed by atoms with Crippen molar-refractivity contribution in [2.45, 2.75) is 63.7 Å². The summed E-state index contributed by atoms with van der Waals surface area (Å²) in [5.41, 5.74) is 1.01. The third-order valence-corrected chi connectivity index (χ3v) is 4.28. The smallest absolute Gasteiger partial charge is 0.123 e. The van der Waals surface area contributed by atoms with Gasteiger partial charge >= 0.3 is 0 Å². The molecule has 1 aromatic rings. The van der Waals surface area contributed by atoms with Crippen molar-refractivity contribution in [3.05, 3.63) is 28.8 Å². The van der Waals surface area contributed by atoms with Gasteiger partial charge < -0.3 is 4.74 Å². The molecule has 0 heterocycles. The molecule has 0 saturated carbocycles. The molecule has 0 amide bonds. The van der Waals surface area contributed by atoms with Gasteiger partial charge in [0.25, 0.3) is 0 Å². The van der Waals surface area contributed by atoms with Crippen molar-refractivity contribution < 1.29 is 4.74 Å². The predicted octanol–water partition coefficient (Wildman–Crippen LogP) is 6.77. The van der Waals surface area contributed by atoms with Gasteiger partial charge in [-0.15, -0.1) is 11.6 Å². The van der Waals surface area contributed by atoms with Crippen LogP contribution in [0.4, 0.5) is 0 Å². The summed E-state index contributed by atoms with van der Waals surface area (Å²) in [5.74, 6) is 0.831. The maximum absolute atomic E-state index is 6.49. The van der Waals surface area contributed by atoms with Crippen LogP contribution in [0.25, 0.3) is 0 Å². The van der Waals surface area contributed by atoms with Crippen LogP contribution >= 0.6 is 23.2 Å². The summed E-state index contributed by atoms with van der Waals surface area (Å²) in [6, 6.07) is 5.64. The van der Waals surface area contributed by atoms with Gasteiger partial charge in [-0.25, -0.2) is 0 Å². The van der Waals surface area contributed by atoms with Gasteiger partial charge in [-0.1, -0.05) is 63.5 Å². The van der Waals surface area contributed by atoms with E-state index in [1.807, 2.05) is 18.2 Å². The van der Waals surface area contributed by atoms with E-state index in [0.717, 1.165) is 24.2 Å². The van der Waals surface area contributed by atoms with E-state index in [9.17, 15) is 0 Å². The second-order valence-electron chi connectivity index (χ2n) is 5.26. The summed E-state index contributed by atoms with van der Waals surface area (Å²) < 4.78 is 5.35. The average molecular weight is 317 g/mol. The van der Waals surface area contributed by atoms with Crippen LogP contribution in [0.3, 0.4) is 0 Å². The molecule has 1 rings (SSSR count). The highest BCUT2D eigenvalue weighted by molar-refractivity contribution is 6.30. The SMILES string of the molecule is CCCCCCCCCC(Cl)c1cc(Cl)ccc1OC. The monoisotopic (exact) mass is 316 g/mol. The van der Waals surface area contributed by atoms with Crippen molar-refractivity contribution in [3.8, 4) is 5.75 Å². The van der Waals surface area contributed by atoms with Crippen LogP contribution < -0.4 is 4.74 Å². The second kappa shape index (κ2) is 10.3. The van der Waals surface area contributed by atoms with Crippen molar-refractivity contribution in [1.82, 2.24) is 0 Å². The maximum atomic E-state index is 6.49. The second-order valence-corrected chi connectivity index (χ2v) is 6.23. The average Bonchev–Trinajstić information content (AvgIpc) is 2.46. The highest BCUT2D eigenvalue weighted by Crippen LogP contribution is 2.35. The summed E-state index contributed by atoms with van der Waals surface area (Å²) in [5, 5.41) is 0.699. The molecule has 0 saturated heterocycles. The number of hydrogen-bond acceptors (Lipinski definition) is 1. The lowest BCUT2D eigenvalue weighted by Crippen LogP contribution is -1.96. The van der Waals surface area contributed by atoms with Crippen LogP contribution in [0, 0.1) is 0 Å². The van der Waals surface area contributed by atoms with Crippen LogP contribution in [-0.4, -0.2) is 7.11 Å². The highest BCUT2D eigenvalue weighted by atomic mass is 35.5.